The van der Waals surface area contributed by atoms with Gasteiger partial charge in [0.15, 0.2) is 5.82 Å². The molecule has 1 atom stereocenters. The van der Waals surface area contributed by atoms with Gasteiger partial charge in [-0.05, 0) is 25.5 Å². The summed E-state index contributed by atoms with van der Waals surface area (Å²) in [7, 11) is 0. The summed E-state index contributed by atoms with van der Waals surface area (Å²) < 4.78 is 1.37. The Hall–Kier alpha value is -1.73. The number of hydrogen-bond acceptors (Lipinski definition) is 5. The van der Waals surface area contributed by atoms with Gasteiger partial charge in [0.25, 0.3) is 0 Å². The molecule has 1 amide bonds. The molecule has 22 heavy (non-hydrogen) atoms. The minimum atomic E-state index is -0.301. The van der Waals surface area contributed by atoms with Crippen LogP contribution < -0.4 is 11.2 Å². The predicted octanol–water partition coefficient (Wildman–Crippen LogP) is 2.32. The number of thioether (sulfide) groups is 1. The van der Waals surface area contributed by atoms with Crippen molar-refractivity contribution in [2.24, 2.45) is 0 Å². The van der Waals surface area contributed by atoms with Crippen LogP contribution in [0.3, 0.4) is 0 Å². The second-order valence-electron chi connectivity index (χ2n) is 4.74. The summed E-state index contributed by atoms with van der Waals surface area (Å²) in [6.45, 7) is 4.47. The highest BCUT2D eigenvalue weighted by atomic mass is 35.5. The third kappa shape index (κ3) is 3.92. The van der Waals surface area contributed by atoms with E-state index >= 15 is 0 Å². The molecule has 2 rings (SSSR count). The maximum atomic E-state index is 11.9. The number of rotatable bonds is 6. The molecule has 1 heterocycles. The number of benzene rings is 1. The highest BCUT2D eigenvalue weighted by Gasteiger charge is 2.19. The molecule has 0 fully saturated rings. The number of aromatic nitrogens is 3. The van der Waals surface area contributed by atoms with E-state index in [9.17, 15) is 4.79 Å². The number of nitrogens with zero attached hydrogens (tertiary/aromatic N) is 3. The summed E-state index contributed by atoms with van der Waals surface area (Å²) >= 11 is 7.24. The van der Waals surface area contributed by atoms with Crippen molar-refractivity contribution in [1.82, 2.24) is 20.2 Å². The molecule has 0 unspecified atom stereocenters. The Morgan fingerprint density at radius 1 is 1.50 bits per heavy atom. The Morgan fingerprint density at radius 2 is 2.27 bits per heavy atom. The largest absolute Gasteiger partial charge is 0.355 e. The Morgan fingerprint density at radius 3 is 2.95 bits per heavy atom. The van der Waals surface area contributed by atoms with E-state index in [1.54, 1.807) is 12.1 Å². The van der Waals surface area contributed by atoms with Gasteiger partial charge in [-0.1, -0.05) is 42.4 Å². The summed E-state index contributed by atoms with van der Waals surface area (Å²) in [6, 6.07) is 7.21. The van der Waals surface area contributed by atoms with Gasteiger partial charge in [0.1, 0.15) is 0 Å². The maximum Gasteiger partial charge on any atom is 0.233 e. The lowest BCUT2D eigenvalue weighted by Crippen LogP contribution is -2.31. The van der Waals surface area contributed by atoms with Crippen molar-refractivity contribution in [3.05, 3.63) is 29.3 Å². The van der Waals surface area contributed by atoms with Crippen LogP contribution >= 0.6 is 23.4 Å². The minimum absolute atomic E-state index is 0.0424. The molecule has 1 aromatic heterocycles. The average molecular weight is 340 g/mol. The molecule has 0 saturated carbocycles. The lowest BCUT2D eigenvalue weighted by molar-refractivity contribution is -0.120. The highest BCUT2D eigenvalue weighted by molar-refractivity contribution is 8.00. The van der Waals surface area contributed by atoms with E-state index in [1.807, 2.05) is 26.0 Å². The standard InChI is InChI=1S/C14H18ClN5OS/c1-3-7-17-13(21)9(2)22-14-19-18-12(20(14)16)10-5-4-6-11(15)8-10/h4-6,8-9H,3,7,16H2,1-2H3,(H,17,21)/t9-/m1/s1. The number of carbonyl (C=O) groups excluding carboxylic acids is 1. The van der Waals surface area contributed by atoms with Gasteiger partial charge in [-0.3, -0.25) is 4.79 Å². The summed E-state index contributed by atoms with van der Waals surface area (Å²) in [5.74, 6) is 6.49. The van der Waals surface area contributed by atoms with Crippen LogP contribution in [0.4, 0.5) is 0 Å². The molecule has 0 aliphatic rings. The second kappa shape index (κ2) is 7.51. The summed E-state index contributed by atoms with van der Waals surface area (Å²) in [5, 5.41) is 11.8. The van der Waals surface area contributed by atoms with Gasteiger partial charge in [-0.25, -0.2) is 4.68 Å². The SMILES string of the molecule is CCCNC(=O)[C@@H](C)Sc1nnc(-c2cccc(Cl)c2)n1N. The van der Waals surface area contributed by atoms with Crippen LogP contribution in [-0.2, 0) is 4.79 Å². The zero-order valence-corrected chi connectivity index (χ0v) is 14.0. The van der Waals surface area contributed by atoms with Crippen molar-refractivity contribution in [2.45, 2.75) is 30.7 Å². The van der Waals surface area contributed by atoms with Crippen LogP contribution in [0, 0.1) is 0 Å². The summed E-state index contributed by atoms with van der Waals surface area (Å²) in [6.07, 6.45) is 0.898. The zero-order chi connectivity index (χ0) is 16.1. The fourth-order valence-electron chi connectivity index (χ4n) is 1.79. The highest BCUT2D eigenvalue weighted by Crippen LogP contribution is 2.26. The molecule has 3 N–H and O–H groups in total. The van der Waals surface area contributed by atoms with Crippen molar-refractivity contribution < 1.29 is 4.79 Å². The van der Waals surface area contributed by atoms with Gasteiger partial charge in [0.2, 0.25) is 11.1 Å². The van der Waals surface area contributed by atoms with Crippen LogP contribution in [-0.4, -0.2) is 32.6 Å². The van der Waals surface area contributed by atoms with Crippen molar-refractivity contribution in [1.29, 1.82) is 0 Å². The molecule has 8 heteroatoms. The fourth-order valence-corrected chi connectivity index (χ4v) is 2.77. The van der Waals surface area contributed by atoms with E-state index < -0.39 is 0 Å². The molecular formula is C14H18ClN5OS. The predicted molar refractivity (Wildman–Crippen MR) is 89.2 cm³/mol. The third-order valence-electron chi connectivity index (χ3n) is 2.95. The summed E-state index contributed by atoms with van der Waals surface area (Å²) in [4.78, 5) is 11.9. The maximum absolute atomic E-state index is 11.9. The Bertz CT molecular complexity index is 660. The fraction of sp³-hybridized carbons (Fsp3) is 0.357. The van der Waals surface area contributed by atoms with Gasteiger partial charge in [-0.15, -0.1) is 10.2 Å². The average Bonchev–Trinajstić information content (AvgIpc) is 2.86. The number of amides is 1. The first-order valence-corrected chi connectivity index (χ1v) is 8.19. The minimum Gasteiger partial charge on any atom is -0.355 e. The van der Waals surface area contributed by atoms with Gasteiger partial charge < -0.3 is 11.2 Å². The number of carbonyl (C=O) groups is 1. The summed E-state index contributed by atoms with van der Waals surface area (Å²) in [5.41, 5.74) is 0.775. The molecule has 0 aliphatic heterocycles. The van der Waals surface area contributed by atoms with Crippen molar-refractivity contribution in [2.75, 3.05) is 12.4 Å². The van der Waals surface area contributed by atoms with E-state index in [-0.39, 0.29) is 11.2 Å². The first kappa shape index (κ1) is 16.6. The lowest BCUT2D eigenvalue weighted by Gasteiger charge is -2.10. The van der Waals surface area contributed by atoms with Crippen LogP contribution in [0.5, 0.6) is 0 Å². The topological polar surface area (TPSA) is 85.8 Å². The molecule has 2 aromatic rings. The van der Waals surface area contributed by atoms with Crippen LogP contribution in [0.15, 0.2) is 29.4 Å². The van der Waals surface area contributed by atoms with E-state index in [4.69, 9.17) is 17.4 Å². The number of halogens is 1. The van der Waals surface area contributed by atoms with Crippen LogP contribution in [0.25, 0.3) is 11.4 Å². The molecule has 0 bridgehead atoms. The first-order valence-electron chi connectivity index (χ1n) is 6.93. The Kier molecular flexibility index (Phi) is 5.68. The Labute approximate surface area is 138 Å². The van der Waals surface area contributed by atoms with Crippen molar-refractivity contribution in [3.8, 4) is 11.4 Å². The molecule has 0 spiro atoms. The normalized spacial score (nSPS) is 12.1. The number of nitrogens with one attached hydrogen (secondary N) is 1. The number of hydrogen-bond donors (Lipinski definition) is 2. The molecule has 0 radical (unpaired) electrons. The first-order chi connectivity index (χ1) is 10.5. The molecule has 0 aliphatic carbocycles. The molecule has 6 nitrogen and oxygen atoms in total. The quantitative estimate of drug-likeness (QED) is 0.623. The molecule has 1 aromatic carbocycles. The van der Waals surface area contributed by atoms with Crippen molar-refractivity contribution >= 4 is 29.3 Å². The van der Waals surface area contributed by atoms with E-state index in [1.165, 1.54) is 16.4 Å². The monoisotopic (exact) mass is 339 g/mol. The van der Waals surface area contributed by atoms with Gasteiger partial charge in [0, 0.05) is 17.1 Å². The molecule has 118 valence electrons. The van der Waals surface area contributed by atoms with E-state index in [2.05, 4.69) is 15.5 Å². The smallest absolute Gasteiger partial charge is 0.233 e. The second-order valence-corrected chi connectivity index (χ2v) is 6.48. The van der Waals surface area contributed by atoms with E-state index in [0.29, 0.717) is 22.5 Å². The Balaban J connectivity index is 2.13. The van der Waals surface area contributed by atoms with Crippen molar-refractivity contribution in [3.63, 3.8) is 0 Å². The lowest BCUT2D eigenvalue weighted by atomic mass is 10.2. The van der Waals surface area contributed by atoms with Gasteiger partial charge in [0.05, 0.1) is 5.25 Å². The zero-order valence-electron chi connectivity index (χ0n) is 12.4. The number of nitrogens with two attached hydrogens (primary N) is 1. The third-order valence-corrected chi connectivity index (χ3v) is 4.24. The molecule has 0 saturated heterocycles. The van der Waals surface area contributed by atoms with E-state index in [0.717, 1.165) is 12.0 Å². The molecular weight excluding hydrogens is 322 g/mol. The van der Waals surface area contributed by atoms with Crippen LogP contribution in [0.2, 0.25) is 5.02 Å². The van der Waals surface area contributed by atoms with Gasteiger partial charge in [-0.2, -0.15) is 0 Å². The van der Waals surface area contributed by atoms with Gasteiger partial charge >= 0.3 is 0 Å². The number of nitrogen functional groups attached to an aromatic ring is 1. The van der Waals surface area contributed by atoms with Crippen LogP contribution in [0.1, 0.15) is 20.3 Å².